The molecule has 5 heavy (non-hydrogen) atoms. The largest absolute Gasteiger partial charge is 0.412 e. The molecule has 3 heteroatoms. The van der Waals surface area contributed by atoms with Gasteiger partial charge in [-0.3, -0.25) is 0 Å². The summed E-state index contributed by atoms with van der Waals surface area (Å²) in [5, 5.41) is 2.10. The van der Waals surface area contributed by atoms with Crippen LogP contribution in [0.3, 0.4) is 0 Å². The third-order valence-electron chi connectivity index (χ3n) is 0.0714. The van der Waals surface area contributed by atoms with E-state index in [0.29, 0.717) is 0 Å². The van der Waals surface area contributed by atoms with Crippen LogP contribution in [0.15, 0.2) is 0 Å². The Morgan fingerprint density at radius 1 is 1.00 bits per heavy atom. The second-order valence-electron chi connectivity index (χ2n) is 0.378. The third kappa shape index (κ3) is 11.4. The van der Waals surface area contributed by atoms with E-state index in [1.807, 2.05) is 0 Å². The molecule has 0 aliphatic heterocycles. The van der Waals surface area contributed by atoms with Gasteiger partial charge in [0.2, 0.25) is 0 Å². The van der Waals surface area contributed by atoms with Gasteiger partial charge < -0.3 is 5.48 Å². The monoisotopic (exact) mass is 204 g/mol. The van der Waals surface area contributed by atoms with Gasteiger partial charge in [-0.2, -0.15) is 0 Å². The number of hydrogen-bond acceptors (Lipinski definition) is 0. The minimum Gasteiger partial charge on any atom is -0.412 e. The summed E-state index contributed by atoms with van der Waals surface area (Å²) in [5.41, 5.74) is 0. The molecule has 0 aromatic rings. The maximum absolute atomic E-state index is 3.20. The zero-order valence-corrected chi connectivity index (χ0v) is 5.84. The summed E-state index contributed by atoms with van der Waals surface area (Å²) in [7, 11) is 0. The van der Waals surface area contributed by atoms with Crippen molar-refractivity contribution in [3.63, 3.8) is 0 Å². The van der Waals surface area contributed by atoms with Crippen molar-refractivity contribution in [1.29, 1.82) is 0 Å². The van der Waals surface area contributed by atoms with Crippen LogP contribution in [0.5, 0.6) is 0 Å². The van der Waals surface area contributed by atoms with Crippen LogP contribution in [0.25, 0.3) is 0 Å². The van der Waals surface area contributed by atoms with Gasteiger partial charge in [0.05, 0.1) is 0 Å². The molecule has 0 unspecified atom stereocenters. The predicted octanol–water partition coefficient (Wildman–Crippen LogP) is 0.952. The van der Waals surface area contributed by atoms with E-state index in [-0.39, 0.29) is 5.48 Å². The van der Waals surface area contributed by atoms with Gasteiger partial charge >= 0.3 is 0 Å². The first-order chi connectivity index (χ1) is 1.91. The predicted molar refractivity (Wildman–Crippen MR) is 31.2 cm³/mol. The highest BCUT2D eigenvalue weighted by atomic mass is 79.9. The molecule has 0 amide bonds. The summed E-state index contributed by atoms with van der Waals surface area (Å²) in [6, 6.07) is 0. The lowest BCUT2D eigenvalue weighted by Crippen LogP contribution is -1.61. The van der Waals surface area contributed by atoms with Crippen LogP contribution in [0, 0.1) is 0 Å². The van der Waals surface area contributed by atoms with Crippen LogP contribution >= 0.6 is 31.9 Å². The molecule has 0 bridgehead atoms. The highest BCUT2D eigenvalue weighted by Crippen LogP contribution is 1.82. The van der Waals surface area contributed by atoms with Crippen molar-refractivity contribution in [1.82, 2.24) is 0 Å². The first-order valence-electron chi connectivity index (χ1n) is 1.03. The highest BCUT2D eigenvalue weighted by molar-refractivity contribution is 9.11. The number of alkyl halides is 2. The first-order valence-corrected chi connectivity index (χ1v) is 3.28. The molecule has 0 aliphatic rings. The summed E-state index contributed by atoms with van der Waals surface area (Å²) >= 11 is 6.40. The van der Waals surface area contributed by atoms with E-state index in [0.717, 1.165) is 10.7 Å². The average molecular weight is 206 g/mol. The molecule has 2 N–H and O–H groups in total. The lowest BCUT2D eigenvalue weighted by molar-refractivity contribution is 0.824. The summed E-state index contributed by atoms with van der Waals surface area (Å²) in [4.78, 5) is 0. The van der Waals surface area contributed by atoms with Crippen molar-refractivity contribution < 1.29 is 5.48 Å². The third-order valence-corrected chi connectivity index (χ3v) is 1.93. The smallest absolute Gasteiger partial charge is 0.0129 e. The quantitative estimate of drug-likeness (QED) is 0.572. The van der Waals surface area contributed by atoms with E-state index in [4.69, 9.17) is 0 Å². The SMILES string of the molecule is BrCCBr.O. The van der Waals surface area contributed by atoms with Crippen LogP contribution < -0.4 is 0 Å². The zero-order chi connectivity index (χ0) is 3.41. The molecule has 0 heterocycles. The van der Waals surface area contributed by atoms with Crippen LogP contribution in [0.1, 0.15) is 0 Å². The highest BCUT2D eigenvalue weighted by Gasteiger charge is 1.60. The average Bonchev–Trinajstić information content (AvgIpc) is 1.37. The van der Waals surface area contributed by atoms with Gasteiger partial charge in [0.25, 0.3) is 0 Å². The molecule has 0 saturated carbocycles. The van der Waals surface area contributed by atoms with E-state index in [1.165, 1.54) is 0 Å². The second kappa shape index (κ2) is 8.87. The molecule has 0 fully saturated rings. The molecular weight excluding hydrogens is 200 g/mol. The van der Waals surface area contributed by atoms with Gasteiger partial charge in [0.15, 0.2) is 0 Å². The minimum atomic E-state index is 0. The van der Waals surface area contributed by atoms with Crippen molar-refractivity contribution in [3.8, 4) is 0 Å². The van der Waals surface area contributed by atoms with E-state index < -0.39 is 0 Å². The Balaban J connectivity index is 0. The zero-order valence-electron chi connectivity index (χ0n) is 2.67. The van der Waals surface area contributed by atoms with Gasteiger partial charge in [-0.25, -0.2) is 0 Å². The lowest BCUT2D eigenvalue weighted by Gasteiger charge is -1.63. The number of rotatable bonds is 1. The molecule has 0 spiro atoms. The topological polar surface area (TPSA) is 31.5 Å². The van der Waals surface area contributed by atoms with Crippen molar-refractivity contribution in [3.05, 3.63) is 0 Å². The van der Waals surface area contributed by atoms with E-state index >= 15 is 0 Å². The normalized spacial score (nSPS) is 6.00. The molecule has 1 nitrogen and oxygen atoms in total. The van der Waals surface area contributed by atoms with Crippen LogP contribution in [-0.4, -0.2) is 16.1 Å². The first kappa shape index (κ1) is 9.33. The Kier molecular flexibility index (Phi) is 16.5. The van der Waals surface area contributed by atoms with Gasteiger partial charge in [-0.1, -0.05) is 31.9 Å². The maximum atomic E-state index is 3.20. The molecular formula is C2H6Br2O. The molecule has 0 aromatic carbocycles. The van der Waals surface area contributed by atoms with Gasteiger partial charge in [0, 0.05) is 10.7 Å². The summed E-state index contributed by atoms with van der Waals surface area (Å²) in [6.07, 6.45) is 0. The fourth-order valence-electron chi connectivity index (χ4n) is 0. The Morgan fingerprint density at radius 2 is 1.20 bits per heavy atom. The van der Waals surface area contributed by atoms with E-state index in [9.17, 15) is 0 Å². The standard InChI is InChI=1S/C2H4Br2.H2O/c3-1-2-4;/h1-2H2;1H2. The van der Waals surface area contributed by atoms with Crippen LogP contribution in [-0.2, 0) is 0 Å². The minimum absolute atomic E-state index is 0. The van der Waals surface area contributed by atoms with E-state index in [2.05, 4.69) is 31.9 Å². The Morgan fingerprint density at radius 3 is 1.20 bits per heavy atom. The summed E-state index contributed by atoms with van der Waals surface area (Å²) in [6.45, 7) is 0. The van der Waals surface area contributed by atoms with Crippen LogP contribution in [0.2, 0.25) is 0 Å². The molecule has 34 valence electrons. The Bertz CT molecular complexity index is 9.61. The summed E-state index contributed by atoms with van der Waals surface area (Å²) < 4.78 is 0. The Labute approximate surface area is 48.3 Å². The maximum Gasteiger partial charge on any atom is 0.0129 e. The molecule has 0 aliphatic carbocycles. The number of hydrogen-bond donors (Lipinski definition) is 0. The molecule has 0 aromatic heterocycles. The number of halogens is 2. The molecule has 0 rings (SSSR count). The lowest BCUT2D eigenvalue weighted by atomic mass is 11.0. The van der Waals surface area contributed by atoms with Crippen molar-refractivity contribution in [2.24, 2.45) is 0 Å². The van der Waals surface area contributed by atoms with Crippen molar-refractivity contribution >= 4 is 31.9 Å². The van der Waals surface area contributed by atoms with Crippen LogP contribution in [0.4, 0.5) is 0 Å². The second-order valence-corrected chi connectivity index (χ2v) is 1.96. The van der Waals surface area contributed by atoms with Gasteiger partial charge in [-0.05, 0) is 0 Å². The van der Waals surface area contributed by atoms with Crippen molar-refractivity contribution in [2.75, 3.05) is 10.7 Å². The van der Waals surface area contributed by atoms with Gasteiger partial charge in [-0.15, -0.1) is 0 Å². The molecule has 0 saturated heterocycles. The fourth-order valence-corrected chi connectivity index (χ4v) is 0. The Hall–Kier alpha value is 0.920. The molecule has 0 radical (unpaired) electrons. The van der Waals surface area contributed by atoms with Gasteiger partial charge in [0.1, 0.15) is 0 Å². The summed E-state index contributed by atoms with van der Waals surface area (Å²) in [5.74, 6) is 0. The van der Waals surface area contributed by atoms with Crippen molar-refractivity contribution in [2.45, 2.75) is 0 Å². The van der Waals surface area contributed by atoms with E-state index in [1.54, 1.807) is 0 Å². The fraction of sp³-hybridized carbons (Fsp3) is 1.00. The molecule has 0 atom stereocenters.